The number of hydrogen-bond donors (Lipinski definition) is 6. The summed E-state index contributed by atoms with van der Waals surface area (Å²) in [5.41, 5.74) is 5.51. The van der Waals surface area contributed by atoms with Crippen LogP contribution in [0.15, 0.2) is 0 Å². The number of Topliss-reactive ketones (excluding diaryl/α,β-unsaturated/α-hetero) is 3. The second-order valence-electron chi connectivity index (χ2n) is 14.2. The van der Waals surface area contributed by atoms with Gasteiger partial charge in [0, 0.05) is 39.2 Å². The van der Waals surface area contributed by atoms with Gasteiger partial charge in [0.25, 0.3) is 0 Å². The summed E-state index contributed by atoms with van der Waals surface area (Å²) in [6, 6.07) is -1.30. The van der Waals surface area contributed by atoms with E-state index in [1.165, 1.54) is 64.7 Å². The molecular formula is C39H70N4O9. The number of carbonyl (C=O) groups is 7. The third kappa shape index (κ3) is 29.4. The Morgan fingerprint density at radius 1 is 0.615 bits per heavy atom. The molecule has 0 fully saturated rings. The predicted octanol–water partition coefficient (Wildman–Crippen LogP) is 5.40. The number of nitrogens with two attached hydrogens (primary N) is 1. The van der Waals surface area contributed by atoms with Crippen LogP contribution in [0.1, 0.15) is 168 Å². The number of carbonyl (C=O) groups excluding carboxylic acids is 5. The maximum Gasteiger partial charge on any atom is 0.306 e. The van der Waals surface area contributed by atoms with E-state index in [0.29, 0.717) is 32.2 Å². The number of ketones is 3. The van der Waals surface area contributed by atoms with Crippen LogP contribution >= 0.6 is 0 Å². The molecule has 0 bridgehead atoms. The summed E-state index contributed by atoms with van der Waals surface area (Å²) in [7, 11) is 0. The van der Waals surface area contributed by atoms with Crippen LogP contribution in [0.4, 0.5) is 0 Å². The fourth-order valence-corrected chi connectivity index (χ4v) is 6.14. The van der Waals surface area contributed by atoms with Crippen molar-refractivity contribution in [3.05, 3.63) is 0 Å². The van der Waals surface area contributed by atoms with Gasteiger partial charge in [-0.05, 0) is 45.4 Å². The van der Waals surface area contributed by atoms with Crippen LogP contribution in [-0.4, -0.2) is 83.0 Å². The van der Waals surface area contributed by atoms with E-state index in [4.69, 9.17) is 10.8 Å². The monoisotopic (exact) mass is 739 g/mol. The van der Waals surface area contributed by atoms with Crippen LogP contribution in [0, 0.1) is 5.92 Å². The van der Waals surface area contributed by atoms with Crippen molar-refractivity contribution < 1.29 is 43.8 Å². The molecule has 0 aliphatic heterocycles. The molecule has 13 heteroatoms. The lowest BCUT2D eigenvalue weighted by molar-refractivity contribution is -0.144. The van der Waals surface area contributed by atoms with Gasteiger partial charge in [0.2, 0.25) is 11.8 Å². The van der Waals surface area contributed by atoms with Gasteiger partial charge in [0.15, 0.2) is 11.6 Å². The maximum atomic E-state index is 12.5. The molecule has 7 N–H and O–H groups in total. The first-order valence-electron chi connectivity index (χ1n) is 19.9. The second-order valence-corrected chi connectivity index (χ2v) is 14.2. The number of unbranched alkanes of at least 4 members (excludes halogenated alkanes) is 16. The first-order valence-corrected chi connectivity index (χ1v) is 19.9. The molecule has 0 radical (unpaired) electrons. The molecule has 0 unspecified atom stereocenters. The van der Waals surface area contributed by atoms with Gasteiger partial charge >= 0.3 is 11.9 Å². The molecule has 0 saturated carbocycles. The van der Waals surface area contributed by atoms with Crippen molar-refractivity contribution in [3.8, 4) is 0 Å². The summed E-state index contributed by atoms with van der Waals surface area (Å²) in [5.74, 6) is -3.85. The summed E-state index contributed by atoms with van der Waals surface area (Å²) in [4.78, 5) is 82.6. The van der Waals surface area contributed by atoms with Gasteiger partial charge in [0.05, 0.1) is 31.1 Å². The zero-order valence-corrected chi connectivity index (χ0v) is 32.2. The third-order valence-corrected chi connectivity index (χ3v) is 9.40. The largest absolute Gasteiger partial charge is 0.481 e. The highest BCUT2D eigenvalue weighted by Gasteiger charge is 2.23. The SMILES string of the molecule is CC(=O)N[C@@H](C)C(=O)CN[C@@H](CCCCNC(=O)CC[C@H](CC(=O)CCCCCCCCCCCCCCCCCCC(=O)O)C(=O)O)C(=O)CN. The fraction of sp³-hybridized carbons (Fsp3) is 0.821. The number of aliphatic carboxylic acids is 2. The van der Waals surface area contributed by atoms with Crippen LogP contribution in [0.5, 0.6) is 0 Å². The molecule has 0 aliphatic rings. The molecule has 0 spiro atoms. The smallest absolute Gasteiger partial charge is 0.306 e. The minimum atomic E-state index is -1.07. The highest BCUT2D eigenvalue weighted by molar-refractivity contribution is 5.91. The highest BCUT2D eigenvalue weighted by atomic mass is 16.4. The maximum absolute atomic E-state index is 12.5. The first-order chi connectivity index (χ1) is 24.9. The van der Waals surface area contributed by atoms with E-state index in [9.17, 15) is 38.7 Å². The summed E-state index contributed by atoms with van der Waals surface area (Å²) in [6.07, 6.45) is 20.3. The van der Waals surface area contributed by atoms with E-state index in [1.54, 1.807) is 6.92 Å². The summed E-state index contributed by atoms with van der Waals surface area (Å²) in [5, 5.41) is 26.4. The van der Waals surface area contributed by atoms with Crippen molar-refractivity contribution in [1.82, 2.24) is 16.0 Å². The molecule has 0 aliphatic carbocycles. The minimum absolute atomic E-state index is 0.00621. The lowest BCUT2D eigenvalue weighted by Gasteiger charge is -2.18. The van der Waals surface area contributed by atoms with Gasteiger partial charge in [-0.3, -0.25) is 33.6 Å². The van der Waals surface area contributed by atoms with Crippen LogP contribution in [0.3, 0.4) is 0 Å². The molecule has 0 heterocycles. The normalized spacial score (nSPS) is 12.8. The Kier molecular flexibility index (Phi) is 30.5. The molecule has 2 amide bonds. The molecule has 0 rings (SSSR count). The lowest BCUT2D eigenvalue weighted by atomic mass is 9.94. The minimum Gasteiger partial charge on any atom is -0.481 e. The highest BCUT2D eigenvalue weighted by Crippen LogP contribution is 2.17. The van der Waals surface area contributed by atoms with E-state index in [0.717, 1.165) is 44.9 Å². The van der Waals surface area contributed by atoms with Gasteiger partial charge in [-0.1, -0.05) is 89.9 Å². The Bertz CT molecular complexity index is 1050. The standard InChI is InChI=1S/C39H70N4O9/c1-30(43-31(2)44)36(47)29-42-34(35(46)28-40)22-19-20-26-41-37(48)25-24-32(39(51)52)27-33(45)21-17-15-13-11-9-7-5-3-4-6-8-10-12-14-16-18-23-38(49)50/h30,32,34,42H,3-29,40H2,1-2H3,(H,41,48)(H,43,44)(H,49,50)(H,51,52)/t30-,32+,34-/m0/s1. The van der Waals surface area contributed by atoms with Crippen molar-refractivity contribution in [2.45, 2.75) is 180 Å². The van der Waals surface area contributed by atoms with Gasteiger partial charge in [-0.25, -0.2) is 0 Å². The van der Waals surface area contributed by atoms with Crippen LogP contribution < -0.4 is 21.7 Å². The number of hydrogen-bond acceptors (Lipinski definition) is 9. The third-order valence-electron chi connectivity index (χ3n) is 9.40. The van der Waals surface area contributed by atoms with E-state index in [2.05, 4.69) is 16.0 Å². The fourth-order valence-electron chi connectivity index (χ4n) is 6.14. The first kappa shape index (κ1) is 48.8. The summed E-state index contributed by atoms with van der Waals surface area (Å²) in [6.45, 7) is 2.97. The second kappa shape index (κ2) is 32.5. The van der Waals surface area contributed by atoms with Crippen molar-refractivity contribution in [2.24, 2.45) is 11.7 Å². The molecule has 13 nitrogen and oxygen atoms in total. The van der Waals surface area contributed by atoms with Gasteiger partial charge in [-0.15, -0.1) is 0 Å². The number of rotatable bonds is 37. The Labute approximate surface area is 311 Å². The number of amides is 2. The topological polar surface area (TPSA) is 222 Å². The zero-order chi connectivity index (χ0) is 39.0. The molecular weight excluding hydrogens is 668 g/mol. The molecule has 0 saturated heterocycles. The quantitative estimate of drug-likeness (QED) is 0.0443. The summed E-state index contributed by atoms with van der Waals surface area (Å²) >= 11 is 0. The van der Waals surface area contributed by atoms with E-state index < -0.39 is 29.9 Å². The average Bonchev–Trinajstić information content (AvgIpc) is 3.09. The molecule has 0 aromatic heterocycles. The van der Waals surface area contributed by atoms with Crippen LogP contribution in [0.25, 0.3) is 0 Å². The molecule has 0 aromatic carbocycles. The Morgan fingerprint density at radius 3 is 1.58 bits per heavy atom. The van der Waals surface area contributed by atoms with Gasteiger partial charge in [0.1, 0.15) is 5.78 Å². The van der Waals surface area contributed by atoms with Gasteiger partial charge in [-0.2, -0.15) is 0 Å². The molecule has 52 heavy (non-hydrogen) atoms. The Balaban J connectivity index is 3.97. The average molecular weight is 739 g/mol. The molecule has 0 aromatic rings. The lowest BCUT2D eigenvalue weighted by Crippen LogP contribution is -2.47. The Hall–Kier alpha value is -3.19. The van der Waals surface area contributed by atoms with Crippen LogP contribution in [-0.2, 0) is 33.6 Å². The Morgan fingerprint density at radius 2 is 1.12 bits per heavy atom. The van der Waals surface area contributed by atoms with Crippen molar-refractivity contribution in [1.29, 1.82) is 0 Å². The van der Waals surface area contributed by atoms with E-state index >= 15 is 0 Å². The number of carboxylic acids is 2. The predicted molar refractivity (Wildman–Crippen MR) is 202 cm³/mol. The zero-order valence-electron chi connectivity index (χ0n) is 32.2. The van der Waals surface area contributed by atoms with E-state index in [1.807, 2.05) is 0 Å². The van der Waals surface area contributed by atoms with Gasteiger partial charge < -0.3 is 31.9 Å². The van der Waals surface area contributed by atoms with Crippen molar-refractivity contribution in [3.63, 3.8) is 0 Å². The molecule has 3 atom stereocenters. The number of nitrogens with one attached hydrogen (secondary N) is 3. The summed E-state index contributed by atoms with van der Waals surface area (Å²) < 4.78 is 0. The van der Waals surface area contributed by atoms with Crippen molar-refractivity contribution >= 4 is 41.1 Å². The van der Waals surface area contributed by atoms with E-state index in [-0.39, 0.29) is 67.9 Å². The molecule has 300 valence electrons. The number of carboxylic acid groups (broad SMARTS) is 2. The van der Waals surface area contributed by atoms with Crippen molar-refractivity contribution in [2.75, 3.05) is 19.6 Å². The van der Waals surface area contributed by atoms with Crippen LogP contribution in [0.2, 0.25) is 0 Å².